The summed E-state index contributed by atoms with van der Waals surface area (Å²) in [7, 11) is 0. The summed E-state index contributed by atoms with van der Waals surface area (Å²) in [6, 6.07) is 8.99. The van der Waals surface area contributed by atoms with E-state index in [-0.39, 0.29) is 0 Å². The minimum absolute atomic E-state index is 0.422. The number of hydrogen-bond acceptors (Lipinski definition) is 3. The molecule has 1 aromatic carbocycles. The second-order valence-electron chi connectivity index (χ2n) is 5.85. The third-order valence-corrected chi connectivity index (χ3v) is 5.26. The van der Waals surface area contributed by atoms with Crippen LogP contribution in [0, 0.1) is 6.92 Å². The van der Waals surface area contributed by atoms with Crippen molar-refractivity contribution in [3.8, 4) is 0 Å². The third kappa shape index (κ3) is 8.50. The second kappa shape index (κ2) is 12.1. The number of aryl methyl sites for hydroxylation is 1. The average molecular weight is 309 g/mol. The van der Waals surface area contributed by atoms with Gasteiger partial charge in [0.1, 0.15) is 0 Å². The van der Waals surface area contributed by atoms with Crippen LogP contribution in [0.3, 0.4) is 0 Å². The molecule has 0 radical (unpaired) electrons. The molecule has 1 atom stereocenters. The number of rotatable bonds is 12. The molecule has 0 amide bonds. The lowest BCUT2D eigenvalue weighted by Crippen LogP contribution is -2.36. The van der Waals surface area contributed by atoms with E-state index in [4.69, 9.17) is 5.84 Å². The van der Waals surface area contributed by atoms with Crippen LogP contribution < -0.4 is 11.3 Å². The molecule has 120 valence electrons. The predicted octanol–water partition coefficient (Wildman–Crippen LogP) is 5.06. The van der Waals surface area contributed by atoms with E-state index in [0.717, 1.165) is 5.75 Å². The molecule has 0 aliphatic carbocycles. The molecule has 0 saturated heterocycles. The van der Waals surface area contributed by atoms with Gasteiger partial charge >= 0.3 is 0 Å². The number of unbranched alkanes of at least 4 members (excludes halogenated alkanes) is 6. The summed E-state index contributed by atoms with van der Waals surface area (Å²) >= 11 is 1.91. The fraction of sp³-hybridized carbons (Fsp3) is 0.667. The quantitative estimate of drug-likeness (QED) is 0.245. The molecule has 0 aromatic heterocycles. The summed E-state index contributed by atoms with van der Waals surface area (Å²) < 4.78 is 0. The van der Waals surface area contributed by atoms with Crippen LogP contribution in [-0.4, -0.2) is 11.8 Å². The van der Waals surface area contributed by atoms with Crippen molar-refractivity contribution >= 4 is 11.8 Å². The van der Waals surface area contributed by atoms with Gasteiger partial charge in [-0.2, -0.15) is 0 Å². The number of hydrogen-bond donors (Lipinski definition) is 2. The van der Waals surface area contributed by atoms with Gasteiger partial charge in [0.2, 0.25) is 0 Å². The molecule has 0 heterocycles. The van der Waals surface area contributed by atoms with E-state index in [2.05, 4.69) is 43.5 Å². The van der Waals surface area contributed by atoms with Crippen molar-refractivity contribution in [1.82, 2.24) is 5.43 Å². The largest absolute Gasteiger partial charge is 0.271 e. The zero-order valence-electron chi connectivity index (χ0n) is 13.7. The van der Waals surface area contributed by atoms with Crippen LogP contribution in [0.4, 0.5) is 0 Å². The topological polar surface area (TPSA) is 38.0 Å². The molecule has 0 saturated carbocycles. The molecule has 3 heteroatoms. The van der Waals surface area contributed by atoms with E-state index < -0.39 is 0 Å². The molecule has 1 aromatic rings. The Kier molecular flexibility index (Phi) is 10.7. The van der Waals surface area contributed by atoms with Gasteiger partial charge in [0.25, 0.3) is 0 Å². The Morgan fingerprint density at radius 1 is 1.05 bits per heavy atom. The standard InChI is InChI=1S/C18H32N2S/c1-3-4-5-6-7-8-9-13-17(20-19)15-21-18-14-11-10-12-16(18)2/h10-12,14,17,20H,3-9,13,15,19H2,1-2H3. The Balaban J connectivity index is 2.13. The van der Waals surface area contributed by atoms with Crippen LogP contribution in [0.1, 0.15) is 63.9 Å². The monoisotopic (exact) mass is 308 g/mol. The molecule has 0 spiro atoms. The molecule has 0 aliphatic heterocycles. The lowest BCUT2D eigenvalue weighted by molar-refractivity contribution is 0.492. The Morgan fingerprint density at radius 2 is 1.71 bits per heavy atom. The van der Waals surface area contributed by atoms with Crippen molar-refractivity contribution in [3.05, 3.63) is 29.8 Å². The Bertz CT molecular complexity index is 368. The summed E-state index contributed by atoms with van der Waals surface area (Å²) in [5.74, 6) is 6.74. The highest BCUT2D eigenvalue weighted by Crippen LogP contribution is 2.23. The average Bonchev–Trinajstić information content (AvgIpc) is 2.51. The number of thioether (sulfide) groups is 1. The number of hydrazine groups is 1. The van der Waals surface area contributed by atoms with Crippen LogP contribution in [0.25, 0.3) is 0 Å². The summed E-state index contributed by atoms with van der Waals surface area (Å²) in [6.07, 6.45) is 10.7. The van der Waals surface area contributed by atoms with E-state index in [1.165, 1.54) is 61.8 Å². The smallest absolute Gasteiger partial charge is 0.0304 e. The normalized spacial score (nSPS) is 12.5. The number of nitrogens with two attached hydrogens (primary N) is 1. The second-order valence-corrected chi connectivity index (χ2v) is 6.91. The molecule has 1 unspecified atom stereocenters. The van der Waals surface area contributed by atoms with Gasteiger partial charge in [-0.15, -0.1) is 11.8 Å². The van der Waals surface area contributed by atoms with Gasteiger partial charge in [0.05, 0.1) is 0 Å². The zero-order chi connectivity index (χ0) is 15.3. The maximum Gasteiger partial charge on any atom is 0.0304 e. The Labute approximate surface area is 135 Å². The van der Waals surface area contributed by atoms with E-state index in [1.54, 1.807) is 0 Å². The van der Waals surface area contributed by atoms with Crippen molar-refractivity contribution in [2.45, 2.75) is 76.2 Å². The van der Waals surface area contributed by atoms with Crippen LogP contribution in [0.15, 0.2) is 29.2 Å². The number of benzene rings is 1. The highest BCUT2D eigenvalue weighted by molar-refractivity contribution is 7.99. The lowest BCUT2D eigenvalue weighted by Gasteiger charge is -2.16. The van der Waals surface area contributed by atoms with Gasteiger partial charge in [0, 0.05) is 16.7 Å². The first kappa shape index (κ1) is 18.5. The van der Waals surface area contributed by atoms with Crippen LogP contribution in [0.2, 0.25) is 0 Å². The van der Waals surface area contributed by atoms with Crippen molar-refractivity contribution < 1.29 is 0 Å². The van der Waals surface area contributed by atoms with Gasteiger partial charge in [0.15, 0.2) is 0 Å². The molecule has 0 bridgehead atoms. The van der Waals surface area contributed by atoms with E-state index in [1.807, 2.05) is 11.8 Å². The minimum Gasteiger partial charge on any atom is -0.271 e. The molecular weight excluding hydrogens is 276 g/mol. The van der Waals surface area contributed by atoms with E-state index >= 15 is 0 Å². The summed E-state index contributed by atoms with van der Waals surface area (Å²) in [6.45, 7) is 4.44. The fourth-order valence-corrected chi connectivity index (χ4v) is 3.59. The summed E-state index contributed by atoms with van der Waals surface area (Å²) in [5.41, 5.74) is 4.34. The molecule has 2 nitrogen and oxygen atoms in total. The lowest BCUT2D eigenvalue weighted by atomic mass is 10.1. The first-order valence-corrected chi connectivity index (χ1v) is 9.41. The summed E-state index contributed by atoms with van der Waals surface area (Å²) in [5, 5.41) is 0. The fourth-order valence-electron chi connectivity index (χ4n) is 2.47. The van der Waals surface area contributed by atoms with Gasteiger partial charge in [-0.3, -0.25) is 11.3 Å². The predicted molar refractivity (Wildman–Crippen MR) is 95.6 cm³/mol. The van der Waals surface area contributed by atoms with Crippen LogP contribution in [-0.2, 0) is 0 Å². The van der Waals surface area contributed by atoms with Crippen molar-refractivity contribution in [2.24, 2.45) is 5.84 Å². The van der Waals surface area contributed by atoms with Crippen LogP contribution >= 0.6 is 11.8 Å². The van der Waals surface area contributed by atoms with Crippen molar-refractivity contribution in [3.63, 3.8) is 0 Å². The molecule has 1 rings (SSSR count). The van der Waals surface area contributed by atoms with E-state index in [9.17, 15) is 0 Å². The van der Waals surface area contributed by atoms with E-state index in [0.29, 0.717) is 6.04 Å². The van der Waals surface area contributed by atoms with Gasteiger partial charge in [-0.1, -0.05) is 70.1 Å². The molecular formula is C18H32N2S. The highest BCUT2D eigenvalue weighted by Gasteiger charge is 2.08. The third-order valence-electron chi connectivity index (χ3n) is 3.93. The zero-order valence-corrected chi connectivity index (χ0v) is 14.6. The molecule has 0 fully saturated rings. The van der Waals surface area contributed by atoms with Gasteiger partial charge in [-0.05, 0) is 25.0 Å². The van der Waals surface area contributed by atoms with Gasteiger partial charge in [-0.25, -0.2) is 0 Å². The molecule has 0 aliphatic rings. The Hall–Kier alpha value is -0.510. The molecule has 3 N–H and O–H groups in total. The maximum absolute atomic E-state index is 5.69. The SMILES string of the molecule is CCCCCCCCCC(CSc1ccccc1C)NN. The Morgan fingerprint density at radius 3 is 2.38 bits per heavy atom. The van der Waals surface area contributed by atoms with Crippen molar-refractivity contribution in [2.75, 3.05) is 5.75 Å². The van der Waals surface area contributed by atoms with Gasteiger partial charge < -0.3 is 0 Å². The first-order valence-electron chi connectivity index (χ1n) is 8.42. The number of nitrogens with one attached hydrogen (secondary N) is 1. The minimum atomic E-state index is 0.422. The first-order chi connectivity index (χ1) is 10.3. The highest BCUT2D eigenvalue weighted by atomic mass is 32.2. The van der Waals surface area contributed by atoms with Crippen LogP contribution in [0.5, 0.6) is 0 Å². The molecule has 21 heavy (non-hydrogen) atoms. The maximum atomic E-state index is 5.69. The van der Waals surface area contributed by atoms with Crippen molar-refractivity contribution in [1.29, 1.82) is 0 Å². The summed E-state index contributed by atoms with van der Waals surface area (Å²) in [4.78, 5) is 1.37.